The number of hydrogen-bond acceptors (Lipinski definition) is 5. The van der Waals surface area contributed by atoms with Crippen molar-refractivity contribution in [1.29, 1.82) is 0 Å². The maximum Gasteiger partial charge on any atom is 0.161 e. The van der Waals surface area contributed by atoms with Gasteiger partial charge in [0, 0.05) is 17.3 Å². The summed E-state index contributed by atoms with van der Waals surface area (Å²) in [6.45, 7) is 2.85. The number of halogens is 1. The van der Waals surface area contributed by atoms with E-state index in [9.17, 15) is 0 Å². The molecular weight excluding hydrogens is 290 g/mol. The first-order valence-electron chi connectivity index (χ1n) is 6.73. The lowest BCUT2D eigenvalue weighted by Gasteiger charge is -2.21. The summed E-state index contributed by atoms with van der Waals surface area (Å²) in [7, 11) is 1.61. The zero-order valence-electron chi connectivity index (χ0n) is 12.1. The molecule has 7 heteroatoms. The number of nitrogen functional groups attached to an aromatic ring is 1. The SMILES string of the molecule is CCCn1ncc(OC)c1C(NN)c1ccc(Cl)cc1N. The van der Waals surface area contributed by atoms with Gasteiger partial charge in [-0.2, -0.15) is 5.10 Å². The summed E-state index contributed by atoms with van der Waals surface area (Å²) in [6, 6.07) is 5.01. The van der Waals surface area contributed by atoms with E-state index in [2.05, 4.69) is 17.4 Å². The molecule has 114 valence electrons. The fourth-order valence-electron chi connectivity index (χ4n) is 2.34. The molecule has 0 amide bonds. The van der Waals surface area contributed by atoms with Crippen LogP contribution >= 0.6 is 11.6 Å². The molecule has 0 fully saturated rings. The van der Waals surface area contributed by atoms with E-state index >= 15 is 0 Å². The number of aryl methyl sites for hydroxylation is 1. The molecule has 2 rings (SSSR count). The molecule has 0 saturated carbocycles. The van der Waals surface area contributed by atoms with Crippen molar-refractivity contribution >= 4 is 17.3 Å². The highest BCUT2D eigenvalue weighted by atomic mass is 35.5. The summed E-state index contributed by atoms with van der Waals surface area (Å²) in [5, 5.41) is 4.93. The van der Waals surface area contributed by atoms with Gasteiger partial charge < -0.3 is 10.5 Å². The standard InChI is InChI=1S/C14H20ClN5O/c1-3-6-20-14(12(21-2)8-18-20)13(19-17)10-5-4-9(15)7-11(10)16/h4-5,7-8,13,19H,3,6,16-17H2,1-2H3. The highest BCUT2D eigenvalue weighted by Crippen LogP contribution is 2.33. The van der Waals surface area contributed by atoms with Crippen molar-refractivity contribution in [3.8, 4) is 5.75 Å². The smallest absolute Gasteiger partial charge is 0.161 e. The van der Waals surface area contributed by atoms with Crippen molar-refractivity contribution in [3.05, 3.63) is 40.7 Å². The Morgan fingerprint density at radius 2 is 2.24 bits per heavy atom. The number of hydrogen-bond donors (Lipinski definition) is 3. The van der Waals surface area contributed by atoms with Crippen LogP contribution in [0.25, 0.3) is 0 Å². The number of benzene rings is 1. The second-order valence-corrected chi connectivity index (χ2v) is 5.13. The molecule has 6 nitrogen and oxygen atoms in total. The molecule has 1 unspecified atom stereocenters. The zero-order chi connectivity index (χ0) is 15.4. The van der Waals surface area contributed by atoms with Crippen molar-refractivity contribution in [2.24, 2.45) is 5.84 Å². The van der Waals surface area contributed by atoms with E-state index in [0.717, 1.165) is 24.2 Å². The zero-order valence-corrected chi connectivity index (χ0v) is 12.9. The maximum atomic E-state index is 6.07. The van der Waals surface area contributed by atoms with Crippen molar-refractivity contribution in [1.82, 2.24) is 15.2 Å². The summed E-state index contributed by atoms with van der Waals surface area (Å²) < 4.78 is 7.27. The van der Waals surface area contributed by atoms with Crippen LogP contribution in [0.2, 0.25) is 5.02 Å². The highest BCUT2D eigenvalue weighted by molar-refractivity contribution is 6.30. The van der Waals surface area contributed by atoms with Gasteiger partial charge in [0.05, 0.1) is 19.3 Å². The van der Waals surface area contributed by atoms with Crippen LogP contribution in [0.5, 0.6) is 5.75 Å². The normalized spacial score (nSPS) is 12.4. The van der Waals surface area contributed by atoms with E-state index in [1.165, 1.54) is 0 Å². The second kappa shape index (κ2) is 6.80. The largest absolute Gasteiger partial charge is 0.493 e. The third kappa shape index (κ3) is 3.12. The molecular formula is C14H20ClN5O. The van der Waals surface area contributed by atoms with E-state index in [4.69, 9.17) is 27.9 Å². The Labute approximate surface area is 129 Å². The number of rotatable bonds is 6. The van der Waals surface area contributed by atoms with Crippen molar-refractivity contribution in [2.45, 2.75) is 25.9 Å². The molecule has 21 heavy (non-hydrogen) atoms. The lowest BCUT2D eigenvalue weighted by molar-refractivity contribution is 0.398. The number of aromatic nitrogens is 2. The van der Waals surface area contributed by atoms with Crippen LogP contribution in [0.15, 0.2) is 24.4 Å². The Balaban J connectivity index is 2.52. The molecule has 1 aromatic heterocycles. The van der Waals surface area contributed by atoms with Gasteiger partial charge in [-0.3, -0.25) is 10.5 Å². The molecule has 0 aliphatic rings. The summed E-state index contributed by atoms with van der Waals surface area (Å²) in [5.74, 6) is 6.42. The van der Waals surface area contributed by atoms with Crippen LogP contribution in [0.4, 0.5) is 5.69 Å². The Hall–Kier alpha value is -1.76. The molecule has 0 spiro atoms. The molecule has 2 aromatic rings. The third-order valence-electron chi connectivity index (χ3n) is 3.30. The Bertz CT molecular complexity index is 613. The third-order valence-corrected chi connectivity index (χ3v) is 3.54. The molecule has 1 atom stereocenters. The fourth-order valence-corrected chi connectivity index (χ4v) is 2.52. The molecule has 0 radical (unpaired) electrons. The molecule has 0 aliphatic heterocycles. The van der Waals surface area contributed by atoms with E-state index < -0.39 is 0 Å². The Morgan fingerprint density at radius 3 is 2.81 bits per heavy atom. The number of hydrazine groups is 1. The minimum absolute atomic E-state index is 0.328. The Morgan fingerprint density at radius 1 is 1.48 bits per heavy atom. The van der Waals surface area contributed by atoms with Gasteiger partial charge in [-0.25, -0.2) is 5.43 Å². The van der Waals surface area contributed by atoms with E-state index in [0.29, 0.717) is 16.5 Å². The number of nitrogens with zero attached hydrogens (tertiary/aromatic N) is 2. The molecule has 0 aliphatic carbocycles. The number of ether oxygens (including phenoxy) is 1. The van der Waals surface area contributed by atoms with Crippen LogP contribution in [0, 0.1) is 0 Å². The van der Waals surface area contributed by atoms with Crippen LogP contribution in [0.3, 0.4) is 0 Å². The Kier molecular flexibility index (Phi) is 5.06. The number of nitrogens with two attached hydrogens (primary N) is 2. The summed E-state index contributed by atoms with van der Waals surface area (Å²) >= 11 is 5.96. The first-order valence-corrected chi connectivity index (χ1v) is 7.10. The monoisotopic (exact) mass is 309 g/mol. The van der Waals surface area contributed by atoms with Gasteiger partial charge in [-0.1, -0.05) is 24.6 Å². The minimum atomic E-state index is -0.328. The van der Waals surface area contributed by atoms with E-state index in [1.807, 2.05) is 10.7 Å². The van der Waals surface area contributed by atoms with Crippen LogP contribution in [-0.4, -0.2) is 16.9 Å². The molecule has 0 saturated heterocycles. The average Bonchev–Trinajstić information content (AvgIpc) is 2.85. The first-order chi connectivity index (χ1) is 10.1. The summed E-state index contributed by atoms with van der Waals surface area (Å²) in [6.07, 6.45) is 2.63. The van der Waals surface area contributed by atoms with Gasteiger partial charge in [-0.15, -0.1) is 0 Å². The van der Waals surface area contributed by atoms with Crippen LogP contribution in [-0.2, 0) is 6.54 Å². The molecule has 1 aromatic carbocycles. The minimum Gasteiger partial charge on any atom is -0.493 e. The van der Waals surface area contributed by atoms with Crippen molar-refractivity contribution in [2.75, 3.05) is 12.8 Å². The lowest BCUT2D eigenvalue weighted by atomic mass is 10.0. The van der Waals surface area contributed by atoms with Gasteiger partial charge in [-0.05, 0) is 24.1 Å². The molecule has 0 bridgehead atoms. The predicted octanol–water partition coefficient (Wildman–Crippen LogP) is 2.09. The first kappa shape index (κ1) is 15.6. The van der Waals surface area contributed by atoms with Crippen molar-refractivity contribution < 1.29 is 4.74 Å². The number of nitrogens with one attached hydrogen (secondary N) is 1. The topological polar surface area (TPSA) is 91.1 Å². The van der Waals surface area contributed by atoms with Crippen LogP contribution in [0.1, 0.15) is 30.6 Å². The summed E-state index contributed by atoms with van der Waals surface area (Å²) in [5.41, 5.74) is 11.1. The van der Waals surface area contributed by atoms with Gasteiger partial charge in [0.2, 0.25) is 0 Å². The maximum absolute atomic E-state index is 6.07. The van der Waals surface area contributed by atoms with E-state index in [1.54, 1.807) is 25.4 Å². The lowest BCUT2D eigenvalue weighted by Crippen LogP contribution is -2.31. The molecule has 1 heterocycles. The summed E-state index contributed by atoms with van der Waals surface area (Å²) in [4.78, 5) is 0. The molecule has 5 N–H and O–H groups in total. The van der Waals surface area contributed by atoms with Gasteiger partial charge in [0.25, 0.3) is 0 Å². The van der Waals surface area contributed by atoms with Gasteiger partial charge in [0.15, 0.2) is 5.75 Å². The van der Waals surface area contributed by atoms with Gasteiger partial charge in [0.1, 0.15) is 5.69 Å². The predicted molar refractivity (Wildman–Crippen MR) is 84.1 cm³/mol. The average molecular weight is 310 g/mol. The quantitative estimate of drug-likeness (QED) is 0.432. The number of methoxy groups -OCH3 is 1. The fraction of sp³-hybridized carbons (Fsp3) is 0.357. The second-order valence-electron chi connectivity index (χ2n) is 4.69. The van der Waals surface area contributed by atoms with Crippen molar-refractivity contribution in [3.63, 3.8) is 0 Å². The van der Waals surface area contributed by atoms with Gasteiger partial charge >= 0.3 is 0 Å². The van der Waals surface area contributed by atoms with E-state index in [-0.39, 0.29) is 6.04 Å². The number of anilines is 1. The highest BCUT2D eigenvalue weighted by Gasteiger charge is 2.24. The van der Waals surface area contributed by atoms with Crippen LogP contribution < -0.4 is 21.7 Å².